The molecule has 33 heavy (non-hydrogen) atoms. The summed E-state index contributed by atoms with van der Waals surface area (Å²) >= 11 is 0. The molecule has 0 bridgehead atoms. The van der Waals surface area contributed by atoms with Crippen molar-refractivity contribution >= 4 is 11.8 Å². The van der Waals surface area contributed by atoms with Gasteiger partial charge in [-0.25, -0.2) is 4.39 Å². The molecule has 2 fully saturated rings. The van der Waals surface area contributed by atoms with Crippen LogP contribution in [0.15, 0.2) is 71.6 Å². The first-order valence-corrected chi connectivity index (χ1v) is 10.9. The lowest BCUT2D eigenvalue weighted by Crippen LogP contribution is -2.60. The number of benzene rings is 1. The first-order chi connectivity index (χ1) is 16.0. The molecule has 0 unspecified atom stereocenters. The number of halogens is 1. The van der Waals surface area contributed by atoms with Gasteiger partial charge >= 0.3 is 0 Å². The summed E-state index contributed by atoms with van der Waals surface area (Å²) in [5.74, 6) is -0.382. The first-order valence-electron chi connectivity index (χ1n) is 10.9. The van der Waals surface area contributed by atoms with Crippen LogP contribution < -0.4 is 0 Å². The van der Waals surface area contributed by atoms with E-state index in [4.69, 9.17) is 9.15 Å². The molecule has 0 saturated carbocycles. The van der Waals surface area contributed by atoms with Gasteiger partial charge in [-0.2, -0.15) is 0 Å². The summed E-state index contributed by atoms with van der Waals surface area (Å²) in [6, 6.07) is 13.4. The van der Waals surface area contributed by atoms with Crippen LogP contribution in [0.3, 0.4) is 0 Å². The van der Waals surface area contributed by atoms with Crippen LogP contribution >= 0.6 is 0 Å². The minimum Gasteiger partial charge on any atom is -0.469 e. The number of aromatic nitrogens is 1. The third kappa shape index (κ3) is 4.14. The monoisotopic (exact) mass is 449 g/mol. The van der Waals surface area contributed by atoms with E-state index < -0.39 is 5.60 Å². The van der Waals surface area contributed by atoms with E-state index in [0.29, 0.717) is 32.0 Å². The first kappa shape index (κ1) is 21.3. The van der Waals surface area contributed by atoms with E-state index in [0.717, 1.165) is 11.1 Å². The van der Waals surface area contributed by atoms with Gasteiger partial charge in [0, 0.05) is 37.9 Å². The zero-order chi connectivity index (χ0) is 22.8. The largest absolute Gasteiger partial charge is 0.469 e. The molecule has 2 aromatic heterocycles. The fourth-order valence-electron chi connectivity index (χ4n) is 4.74. The van der Waals surface area contributed by atoms with Gasteiger partial charge in [-0.15, -0.1) is 0 Å². The van der Waals surface area contributed by atoms with E-state index in [9.17, 15) is 14.0 Å². The van der Waals surface area contributed by atoms with Gasteiger partial charge in [-0.05, 0) is 41.5 Å². The fourth-order valence-corrected chi connectivity index (χ4v) is 4.74. The molecule has 2 aliphatic rings. The maximum absolute atomic E-state index is 13.8. The molecule has 0 radical (unpaired) electrons. The molecule has 3 aromatic rings. The second-order valence-electron chi connectivity index (χ2n) is 8.46. The van der Waals surface area contributed by atoms with Gasteiger partial charge in [-0.1, -0.05) is 18.2 Å². The Kier molecular flexibility index (Phi) is 5.68. The van der Waals surface area contributed by atoms with Crippen LogP contribution in [0.2, 0.25) is 0 Å². The quantitative estimate of drug-likeness (QED) is 0.599. The van der Waals surface area contributed by atoms with E-state index in [1.165, 1.54) is 18.4 Å². The number of rotatable bonds is 5. The van der Waals surface area contributed by atoms with Crippen LogP contribution in [0.1, 0.15) is 22.8 Å². The molecule has 0 aliphatic carbocycles. The van der Waals surface area contributed by atoms with Crippen molar-refractivity contribution in [2.75, 3.05) is 26.2 Å². The van der Waals surface area contributed by atoms with E-state index >= 15 is 0 Å². The lowest BCUT2D eigenvalue weighted by atomic mass is 9.83. The zero-order valence-electron chi connectivity index (χ0n) is 18.0. The number of morpholine rings is 1. The van der Waals surface area contributed by atoms with Crippen LogP contribution in [0, 0.1) is 5.82 Å². The summed E-state index contributed by atoms with van der Waals surface area (Å²) in [7, 11) is 0. The van der Waals surface area contributed by atoms with Gasteiger partial charge in [0.05, 0.1) is 25.8 Å². The van der Waals surface area contributed by atoms with Crippen molar-refractivity contribution in [2.45, 2.75) is 24.5 Å². The summed E-state index contributed by atoms with van der Waals surface area (Å²) in [4.78, 5) is 34.5. The zero-order valence-corrected chi connectivity index (χ0v) is 18.0. The molecule has 2 aliphatic heterocycles. The van der Waals surface area contributed by atoms with Crippen molar-refractivity contribution in [3.63, 3.8) is 0 Å². The second kappa shape index (κ2) is 8.78. The number of pyridine rings is 1. The van der Waals surface area contributed by atoms with E-state index in [1.54, 1.807) is 46.5 Å². The molecule has 2 atom stereocenters. The molecule has 5 rings (SSSR count). The SMILES string of the molecule is O=C(Cc1ccco1)N1C[C@@H](c2cccnc2)[C@@]2(C1)OCCN(Cc1ccc(F)cc1)C2=O. The van der Waals surface area contributed by atoms with Crippen LogP contribution in [0.5, 0.6) is 0 Å². The standard InChI is InChI=1S/C25H24FN3O4/c26-20-7-5-18(6-8-20)15-28-10-12-33-25(24(28)31)17-29(23(30)13-21-4-2-11-32-21)16-22(25)19-3-1-9-27-14-19/h1-9,11,14,22H,10,12-13,15-17H2/t22-,25+/m0/s1. The van der Waals surface area contributed by atoms with Gasteiger partial charge in [0.15, 0.2) is 5.60 Å². The molecule has 0 N–H and O–H groups in total. The van der Waals surface area contributed by atoms with Crippen molar-refractivity contribution in [1.82, 2.24) is 14.8 Å². The van der Waals surface area contributed by atoms with Crippen LogP contribution in [-0.4, -0.2) is 58.4 Å². The van der Waals surface area contributed by atoms with Gasteiger partial charge in [0.2, 0.25) is 5.91 Å². The molecular weight excluding hydrogens is 425 g/mol. The minimum atomic E-state index is -1.19. The van der Waals surface area contributed by atoms with Crippen molar-refractivity contribution in [3.05, 3.63) is 89.9 Å². The summed E-state index contributed by atoms with van der Waals surface area (Å²) in [5.41, 5.74) is 0.492. The van der Waals surface area contributed by atoms with Crippen molar-refractivity contribution in [3.8, 4) is 0 Å². The highest BCUT2D eigenvalue weighted by Gasteiger charge is 2.58. The van der Waals surface area contributed by atoms with Crippen LogP contribution in [-0.2, 0) is 27.3 Å². The van der Waals surface area contributed by atoms with E-state index in [1.807, 2.05) is 12.1 Å². The fraction of sp³-hybridized carbons (Fsp3) is 0.320. The predicted octanol–water partition coefficient (Wildman–Crippen LogP) is 2.78. The third-order valence-electron chi connectivity index (χ3n) is 6.39. The number of carbonyl (C=O) groups excluding carboxylic acids is 2. The van der Waals surface area contributed by atoms with Gasteiger partial charge < -0.3 is 19.0 Å². The summed E-state index contributed by atoms with van der Waals surface area (Å²) in [6.07, 6.45) is 5.06. The lowest BCUT2D eigenvalue weighted by Gasteiger charge is -2.42. The number of furan rings is 1. The Bertz CT molecular complexity index is 1120. The molecule has 7 nitrogen and oxygen atoms in total. The van der Waals surface area contributed by atoms with Gasteiger partial charge in [-0.3, -0.25) is 14.6 Å². The number of hydrogen-bond donors (Lipinski definition) is 0. The van der Waals surface area contributed by atoms with E-state index in [-0.39, 0.29) is 36.5 Å². The highest BCUT2D eigenvalue weighted by atomic mass is 19.1. The average molecular weight is 449 g/mol. The molecule has 1 spiro atoms. The molecular formula is C25H24FN3O4. The van der Waals surface area contributed by atoms with Crippen LogP contribution in [0.25, 0.3) is 0 Å². The maximum atomic E-state index is 13.8. The highest BCUT2D eigenvalue weighted by Crippen LogP contribution is 2.42. The summed E-state index contributed by atoms with van der Waals surface area (Å²) in [6.45, 7) is 1.64. The number of carbonyl (C=O) groups is 2. The van der Waals surface area contributed by atoms with E-state index in [2.05, 4.69) is 4.98 Å². The smallest absolute Gasteiger partial charge is 0.257 e. The summed E-state index contributed by atoms with van der Waals surface area (Å²) in [5, 5.41) is 0. The number of nitrogens with zero attached hydrogens (tertiary/aromatic N) is 3. The highest BCUT2D eigenvalue weighted by molar-refractivity contribution is 5.90. The maximum Gasteiger partial charge on any atom is 0.257 e. The summed E-state index contributed by atoms with van der Waals surface area (Å²) < 4.78 is 24.9. The normalized spacial score (nSPS) is 22.8. The molecule has 1 aromatic carbocycles. The molecule has 8 heteroatoms. The Morgan fingerprint density at radius 2 is 2.03 bits per heavy atom. The third-order valence-corrected chi connectivity index (χ3v) is 6.39. The molecule has 2 saturated heterocycles. The Morgan fingerprint density at radius 3 is 2.76 bits per heavy atom. The number of hydrogen-bond acceptors (Lipinski definition) is 5. The van der Waals surface area contributed by atoms with Crippen molar-refractivity contribution in [1.29, 1.82) is 0 Å². The topological polar surface area (TPSA) is 75.9 Å². The number of amides is 2. The Labute approximate surface area is 190 Å². The number of ether oxygens (including phenoxy) is 1. The predicted molar refractivity (Wildman–Crippen MR) is 116 cm³/mol. The Hall–Kier alpha value is -3.52. The molecule has 4 heterocycles. The van der Waals surface area contributed by atoms with Gasteiger partial charge in [0.25, 0.3) is 5.91 Å². The number of likely N-dealkylation sites (tertiary alicyclic amines) is 1. The Balaban J connectivity index is 1.43. The Morgan fingerprint density at radius 1 is 1.18 bits per heavy atom. The minimum absolute atomic E-state index is 0.121. The molecule has 2 amide bonds. The molecule has 170 valence electrons. The average Bonchev–Trinajstić information content (AvgIpc) is 3.48. The van der Waals surface area contributed by atoms with Crippen LogP contribution in [0.4, 0.5) is 4.39 Å². The van der Waals surface area contributed by atoms with Crippen molar-refractivity contribution in [2.24, 2.45) is 0 Å². The second-order valence-corrected chi connectivity index (χ2v) is 8.46. The van der Waals surface area contributed by atoms with Gasteiger partial charge in [0.1, 0.15) is 11.6 Å². The lowest BCUT2D eigenvalue weighted by molar-refractivity contribution is -0.173. The van der Waals surface area contributed by atoms with Crippen molar-refractivity contribution < 1.29 is 23.1 Å².